The van der Waals surface area contributed by atoms with Crippen LogP contribution in [0.25, 0.3) is 0 Å². The molecule has 1 N–H and O–H groups in total. The van der Waals surface area contributed by atoms with Crippen molar-refractivity contribution in [3.8, 4) is 0 Å². The normalized spacial score (nSPS) is 14.4. The fourth-order valence-electron chi connectivity index (χ4n) is 1.54. The standard InChI is InChI=1S/C14H25NO6S/c1-6-19-11(16)9-10-15-12(13(17)20-7-2)14(4,5)22(18)21-8-3/h9-10,12,15H,6-8H2,1-5H3/b10-9+. The van der Waals surface area contributed by atoms with Gasteiger partial charge in [-0.3, -0.25) is 4.18 Å². The minimum atomic E-state index is -1.72. The molecule has 0 rings (SSSR count). The van der Waals surface area contributed by atoms with Gasteiger partial charge in [0.2, 0.25) is 0 Å². The molecule has 2 unspecified atom stereocenters. The van der Waals surface area contributed by atoms with E-state index in [9.17, 15) is 13.8 Å². The maximum Gasteiger partial charge on any atom is 0.332 e. The number of hydrogen-bond donors (Lipinski definition) is 1. The van der Waals surface area contributed by atoms with Gasteiger partial charge in [-0.1, -0.05) is 0 Å². The summed E-state index contributed by atoms with van der Waals surface area (Å²) in [5.74, 6) is -1.12. The van der Waals surface area contributed by atoms with E-state index in [1.54, 1.807) is 34.6 Å². The number of carbonyl (C=O) groups excluding carboxylic acids is 2. The molecule has 0 aromatic rings. The topological polar surface area (TPSA) is 90.9 Å². The van der Waals surface area contributed by atoms with Crippen molar-refractivity contribution in [2.24, 2.45) is 0 Å². The van der Waals surface area contributed by atoms with Crippen LogP contribution in [-0.2, 0) is 34.3 Å². The summed E-state index contributed by atoms with van der Waals surface area (Å²) in [7, 11) is 0. The first-order valence-corrected chi connectivity index (χ1v) is 8.19. The van der Waals surface area contributed by atoms with Gasteiger partial charge in [0.1, 0.15) is 6.04 Å². The Morgan fingerprint density at radius 2 is 1.73 bits per heavy atom. The summed E-state index contributed by atoms with van der Waals surface area (Å²) in [6.45, 7) is 9.01. The van der Waals surface area contributed by atoms with Gasteiger partial charge in [-0.25, -0.2) is 13.8 Å². The Balaban J connectivity index is 5.08. The van der Waals surface area contributed by atoms with E-state index in [1.165, 1.54) is 6.20 Å². The minimum absolute atomic E-state index is 0.190. The third-order valence-electron chi connectivity index (χ3n) is 2.64. The maximum atomic E-state index is 12.1. The molecule has 0 aliphatic heterocycles. The van der Waals surface area contributed by atoms with Gasteiger partial charge in [0.05, 0.1) is 24.6 Å². The van der Waals surface area contributed by atoms with Crippen molar-refractivity contribution >= 4 is 23.0 Å². The van der Waals surface area contributed by atoms with Crippen molar-refractivity contribution in [1.29, 1.82) is 0 Å². The highest BCUT2D eigenvalue weighted by Crippen LogP contribution is 2.20. The van der Waals surface area contributed by atoms with Gasteiger partial charge in [0, 0.05) is 12.3 Å². The summed E-state index contributed by atoms with van der Waals surface area (Å²) in [6.07, 6.45) is 2.43. The zero-order valence-electron chi connectivity index (χ0n) is 13.7. The van der Waals surface area contributed by atoms with Gasteiger partial charge in [0.15, 0.2) is 11.1 Å². The van der Waals surface area contributed by atoms with Crippen LogP contribution in [-0.4, -0.2) is 46.8 Å². The van der Waals surface area contributed by atoms with Crippen LogP contribution in [0.1, 0.15) is 34.6 Å². The summed E-state index contributed by atoms with van der Waals surface area (Å²) < 4.78 is 25.9. The second kappa shape index (κ2) is 10.3. The molecule has 0 aromatic carbocycles. The molecular formula is C14H25NO6S. The van der Waals surface area contributed by atoms with E-state index < -0.39 is 33.8 Å². The molecule has 8 heteroatoms. The Morgan fingerprint density at radius 1 is 1.14 bits per heavy atom. The van der Waals surface area contributed by atoms with Crippen LogP contribution in [0, 0.1) is 0 Å². The largest absolute Gasteiger partial charge is 0.464 e. The molecule has 128 valence electrons. The van der Waals surface area contributed by atoms with Gasteiger partial charge in [-0.15, -0.1) is 0 Å². The second-order valence-corrected chi connectivity index (χ2v) is 6.44. The van der Waals surface area contributed by atoms with Crippen LogP contribution in [0.4, 0.5) is 0 Å². The predicted octanol–water partition coefficient (Wildman–Crippen LogP) is 1.06. The van der Waals surface area contributed by atoms with Crippen LogP contribution in [0.15, 0.2) is 12.3 Å². The molecule has 0 saturated heterocycles. The van der Waals surface area contributed by atoms with Crippen LogP contribution in [0.3, 0.4) is 0 Å². The lowest BCUT2D eigenvalue weighted by molar-refractivity contribution is -0.146. The third kappa shape index (κ3) is 6.57. The molecule has 0 aliphatic carbocycles. The highest BCUT2D eigenvalue weighted by molar-refractivity contribution is 7.81. The number of ether oxygens (including phenoxy) is 2. The highest BCUT2D eigenvalue weighted by Gasteiger charge is 2.42. The Kier molecular flexibility index (Phi) is 9.68. The molecule has 0 fully saturated rings. The van der Waals surface area contributed by atoms with E-state index in [1.807, 2.05) is 0 Å². The SMILES string of the molecule is CCOC(=O)/C=C/NC(C(=O)OCC)C(C)(C)S(=O)OCC. The van der Waals surface area contributed by atoms with Gasteiger partial charge >= 0.3 is 11.9 Å². The number of esters is 2. The van der Waals surface area contributed by atoms with E-state index in [0.29, 0.717) is 0 Å². The van der Waals surface area contributed by atoms with Crippen molar-refractivity contribution in [2.75, 3.05) is 19.8 Å². The van der Waals surface area contributed by atoms with Crippen LogP contribution < -0.4 is 5.32 Å². The van der Waals surface area contributed by atoms with Crippen LogP contribution in [0.2, 0.25) is 0 Å². The van der Waals surface area contributed by atoms with E-state index in [4.69, 9.17) is 13.7 Å². The Labute approximate surface area is 134 Å². The van der Waals surface area contributed by atoms with E-state index in [0.717, 1.165) is 6.08 Å². The first-order valence-electron chi connectivity index (χ1n) is 7.12. The molecule has 0 saturated carbocycles. The van der Waals surface area contributed by atoms with Gasteiger partial charge < -0.3 is 14.8 Å². The van der Waals surface area contributed by atoms with Crippen molar-refractivity contribution in [3.63, 3.8) is 0 Å². The molecule has 0 radical (unpaired) electrons. The lowest BCUT2D eigenvalue weighted by Crippen LogP contribution is -2.53. The van der Waals surface area contributed by atoms with E-state index >= 15 is 0 Å². The number of nitrogens with one attached hydrogen (secondary N) is 1. The van der Waals surface area contributed by atoms with Crippen molar-refractivity contribution in [1.82, 2.24) is 5.32 Å². The maximum absolute atomic E-state index is 12.1. The minimum Gasteiger partial charge on any atom is -0.464 e. The summed E-state index contributed by atoms with van der Waals surface area (Å²) in [6, 6.07) is -0.939. The average molecular weight is 335 g/mol. The molecule has 0 amide bonds. The first kappa shape index (κ1) is 20.6. The molecule has 0 aromatic heterocycles. The Hall–Kier alpha value is -1.41. The third-order valence-corrected chi connectivity index (χ3v) is 4.19. The molecule has 0 spiro atoms. The first-order chi connectivity index (χ1) is 10.3. The van der Waals surface area contributed by atoms with E-state index in [-0.39, 0.29) is 19.8 Å². The van der Waals surface area contributed by atoms with E-state index in [2.05, 4.69) is 5.32 Å². The summed E-state index contributed by atoms with van der Waals surface area (Å²) in [5, 5.41) is 2.74. The number of hydrogen-bond acceptors (Lipinski definition) is 7. The van der Waals surface area contributed by atoms with Gasteiger partial charge in [-0.2, -0.15) is 0 Å². The molecule has 0 aliphatic rings. The highest BCUT2D eigenvalue weighted by atomic mass is 32.2. The fraction of sp³-hybridized carbons (Fsp3) is 0.714. The average Bonchev–Trinajstić information content (AvgIpc) is 2.44. The molecule has 7 nitrogen and oxygen atoms in total. The quantitative estimate of drug-likeness (QED) is 0.471. The fourth-order valence-corrected chi connectivity index (χ4v) is 2.41. The monoisotopic (exact) mass is 335 g/mol. The zero-order chi connectivity index (χ0) is 17.2. The lowest BCUT2D eigenvalue weighted by atomic mass is 10.0. The summed E-state index contributed by atoms with van der Waals surface area (Å²) in [5.41, 5.74) is 0. The molecular weight excluding hydrogens is 310 g/mol. The predicted molar refractivity (Wildman–Crippen MR) is 83.2 cm³/mol. The zero-order valence-corrected chi connectivity index (χ0v) is 14.5. The van der Waals surface area contributed by atoms with Crippen molar-refractivity contribution < 1.29 is 27.5 Å². The Morgan fingerprint density at radius 3 is 2.23 bits per heavy atom. The molecule has 0 bridgehead atoms. The van der Waals surface area contributed by atoms with Crippen molar-refractivity contribution in [2.45, 2.75) is 45.4 Å². The smallest absolute Gasteiger partial charge is 0.332 e. The van der Waals surface area contributed by atoms with Gasteiger partial charge in [0.25, 0.3) is 0 Å². The van der Waals surface area contributed by atoms with Crippen LogP contribution in [0.5, 0.6) is 0 Å². The van der Waals surface area contributed by atoms with Crippen molar-refractivity contribution in [3.05, 3.63) is 12.3 Å². The molecule has 0 heterocycles. The second-order valence-electron chi connectivity index (χ2n) is 4.68. The summed E-state index contributed by atoms with van der Waals surface area (Å²) >= 11 is -1.72. The van der Waals surface area contributed by atoms with Crippen LogP contribution >= 0.6 is 0 Å². The number of rotatable bonds is 10. The molecule has 22 heavy (non-hydrogen) atoms. The van der Waals surface area contributed by atoms with Gasteiger partial charge in [-0.05, 0) is 34.6 Å². The lowest BCUT2D eigenvalue weighted by Gasteiger charge is -2.30. The molecule has 2 atom stereocenters. The number of carbonyl (C=O) groups is 2. The summed E-state index contributed by atoms with van der Waals surface area (Å²) in [4.78, 5) is 23.3. The Bertz CT molecular complexity index is 422.